The highest BCUT2D eigenvalue weighted by Crippen LogP contribution is 2.42. The van der Waals surface area contributed by atoms with Gasteiger partial charge in [-0.25, -0.2) is 13.2 Å². The van der Waals surface area contributed by atoms with Gasteiger partial charge in [-0.3, -0.25) is 0 Å². The highest BCUT2D eigenvalue weighted by Gasteiger charge is 2.28. The summed E-state index contributed by atoms with van der Waals surface area (Å²) < 4.78 is 45.0. The minimum absolute atomic E-state index is 0.234. The predicted octanol–water partition coefficient (Wildman–Crippen LogP) is 12.1. The standard InChI is InChI=1S/C39H45F3/c1-3-5-7-9-33-22-25-36(39(42)38(33)41)32-20-18-31(19-21-32)35-24-23-34(26-37(35)40)30-16-14-29(15-17-30)28-12-10-27(11-13-28)8-6-4-2/h4,16,18-29H,2-3,5-15,17H2,1H3. The van der Waals surface area contributed by atoms with Gasteiger partial charge in [0.2, 0.25) is 0 Å². The molecule has 0 spiro atoms. The molecule has 0 aromatic heterocycles. The van der Waals surface area contributed by atoms with E-state index in [1.165, 1.54) is 44.1 Å². The van der Waals surface area contributed by atoms with E-state index in [1.807, 2.05) is 18.2 Å². The Hall–Kier alpha value is -3.07. The lowest BCUT2D eigenvalue weighted by atomic mass is 9.70. The van der Waals surface area contributed by atoms with Crippen LogP contribution < -0.4 is 0 Å². The molecule has 3 aromatic rings. The third kappa shape index (κ3) is 7.10. The third-order valence-corrected chi connectivity index (χ3v) is 9.85. The number of hydrogen-bond donors (Lipinski definition) is 0. The van der Waals surface area contributed by atoms with E-state index in [4.69, 9.17) is 0 Å². The van der Waals surface area contributed by atoms with Crippen molar-refractivity contribution in [2.45, 2.75) is 90.4 Å². The Morgan fingerprint density at radius 2 is 1.45 bits per heavy atom. The van der Waals surface area contributed by atoms with Crippen molar-refractivity contribution >= 4 is 5.57 Å². The monoisotopic (exact) mass is 570 g/mol. The van der Waals surface area contributed by atoms with Crippen molar-refractivity contribution in [2.75, 3.05) is 0 Å². The molecule has 0 aliphatic heterocycles. The van der Waals surface area contributed by atoms with E-state index in [2.05, 4.69) is 19.6 Å². The molecule has 1 saturated carbocycles. The maximum atomic E-state index is 15.4. The lowest BCUT2D eigenvalue weighted by Gasteiger charge is -2.35. The van der Waals surface area contributed by atoms with Crippen LogP contribution in [0.1, 0.15) is 95.1 Å². The average molecular weight is 571 g/mol. The molecule has 222 valence electrons. The lowest BCUT2D eigenvalue weighted by Crippen LogP contribution is -2.23. The summed E-state index contributed by atoms with van der Waals surface area (Å²) in [7, 11) is 0. The summed E-state index contributed by atoms with van der Waals surface area (Å²) in [4.78, 5) is 0. The molecule has 2 aliphatic carbocycles. The first-order valence-corrected chi connectivity index (χ1v) is 16.2. The number of halogens is 3. The Balaban J connectivity index is 1.22. The number of rotatable bonds is 11. The van der Waals surface area contributed by atoms with E-state index in [0.29, 0.717) is 23.1 Å². The first-order chi connectivity index (χ1) is 20.5. The van der Waals surface area contributed by atoms with Gasteiger partial charge in [0.1, 0.15) is 5.82 Å². The predicted molar refractivity (Wildman–Crippen MR) is 171 cm³/mol. The number of aryl methyl sites for hydroxylation is 1. The van der Waals surface area contributed by atoms with Crippen molar-refractivity contribution in [1.82, 2.24) is 0 Å². The molecule has 1 atom stereocenters. The summed E-state index contributed by atoms with van der Waals surface area (Å²) in [5, 5.41) is 0. The second-order valence-electron chi connectivity index (χ2n) is 12.5. The molecular formula is C39H45F3. The average Bonchev–Trinajstić information content (AvgIpc) is 3.03. The van der Waals surface area contributed by atoms with Gasteiger partial charge in [-0.05, 0) is 109 Å². The molecule has 0 bridgehead atoms. The summed E-state index contributed by atoms with van der Waals surface area (Å²) in [6.07, 6.45) is 19.0. The van der Waals surface area contributed by atoms with Crippen molar-refractivity contribution in [3.63, 3.8) is 0 Å². The Morgan fingerprint density at radius 1 is 0.762 bits per heavy atom. The summed E-state index contributed by atoms with van der Waals surface area (Å²) in [6, 6.07) is 15.9. The van der Waals surface area contributed by atoms with Gasteiger partial charge in [0.05, 0.1) is 0 Å². The molecule has 0 heterocycles. The Labute approximate surface area is 250 Å². The van der Waals surface area contributed by atoms with Gasteiger partial charge in [-0.2, -0.15) is 0 Å². The zero-order chi connectivity index (χ0) is 29.5. The molecule has 0 radical (unpaired) electrons. The molecule has 3 aromatic carbocycles. The van der Waals surface area contributed by atoms with Crippen molar-refractivity contribution in [2.24, 2.45) is 17.8 Å². The molecule has 0 N–H and O–H groups in total. The zero-order valence-corrected chi connectivity index (χ0v) is 25.1. The van der Waals surface area contributed by atoms with Gasteiger partial charge in [0, 0.05) is 11.1 Å². The van der Waals surface area contributed by atoms with Gasteiger partial charge < -0.3 is 0 Å². The van der Waals surface area contributed by atoms with Crippen LogP contribution in [0.5, 0.6) is 0 Å². The molecular weight excluding hydrogens is 525 g/mol. The first-order valence-electron chi connectivity index (χ1n) is 16.2. The van der Waals surface area contributed by atoms with Crippen LogP contribution in [0.15, 0.2) is 73.3 Å². The molecule has 5 rings (SSSR count). The SMILES string of the molecule is C=CCCC1CCC(C2CC=C(c3ccc(-c4ccc(-c5ccc(CCCCC)c(F)c5F)cc4)c(F)c3)CC2)CC1. The quantitative estimate of drug-likeness (QED) is 0.159. The molecule has 1 fully saturated rings. The summed E-state index contributed by atoms with van der Waals surface area (Å²) in [6.45, 7) is 5.96. The fraction of sp³-hybridized carbons (Fsp3) is 0.436. The smallest absolute Gasteiger partial charge is 0.166 e. The van der Waals surface area contributed by atoms with Crippen LogP contribution in [0.25, 0.3) is 27.8 Å². The minimum atomic E-state index is -0.813. The van der Waals surface area contributed by atoms with Crippen molar-refractivity contribution < 1.29 is 13.2 Å². The van der Waals surface area contributed by atoms with E-state index >= 15 is 4.39 Å². The summed E-state index contributed by atoms with van der Waals surface area (Å²) in [5.74, 6) is 0.638. The fourth-order valence-electron chi connectivity index (χ4n) is 7.20. The third-order valence-electron chi connectivity index (χ3n) is 9.85. The van der Waals surface area contributed by atoms with Gasteiger partial charge >= 0.3 is 0 Å². The van der Waals surface area contributed by atoms with Gasteiger partial charge in [0.15, 0.2) is 11.6 Å². The maximum absolute atomic E-state index is 15.4. The largest absolute Gasteiger partial charge is 0.206 e. The number of benzene rings is 3. The van der Waals surface area contributed by atoms with E-state index in [1.54, 1.807) is 42.5 Å². The summed E-state index contributed by atoms with van der Waals surface area (Å²) >= 11 is 0. The second-order valence-corrected chi connectivity index (χ2v) is 12.5. The van der Waals surface area contributed by atoms with Crippen LogP contribution in [0.4, 0.5) is 13.2 Å². The van der Waals surface area contributed by atoms with Gasteiger partial charge in [-0.15, -0.1) is 6.58 Å². The highest BCUT2D eigenvalue weighted by molar-refractivity contribution is 5.74. The van der Waals surface area contributed by atoms with Crippen LogP contribution in [-0.2, 0) is 6.42 Å². The second kappa shape index (κ2) is 14.4. The normalized spacial score (nSPS) is 20.8. The molecule has 0 nitrogen and oxygen atoms in total. The Morgan fingerprint density at radius 3 is 2.10 bits per heavy atom. The minimum Gasteiger partial charge on any atom is -0.206 e. The lowest BCUT2D eigenvalue weighted by molar-refractivity contribution is 0.190. The van der Waals surface area contributed by atoms with Crippen molar-refractivity contribution in [1.29, 1.82) is 0 Å². The van der Waals surface area contributed by atoms with Crippen LogP contribution in [0, 0.1) is 35.2 Å². The number of unbranched alkanes of at least 4 members (excludes halogenated alkanes) is 2. The van der Waals surface area contributed by atoms with Gasteiger partial charge in [0.25, 0.3) is 0 Å². The first kappa shape index (κ1) is 30.4. The Bertz CT molecular complexity index is 1380. The molecule has 2 aliphatic rings. The maximum Gasteiger partial charge on any atom is 0.166 e. The number of allylic oxidation sites excluding steroid dienone is 3. The van der Waals surface area contributed by atoms with Gasteiger partial charge in [-0.1, -0.05) is 93.3 Å². The van der Waals surface area contributed by atoms with Crippen LogP contribution >= 0.6 is 0 Å². The molecule has 1 unspecified atom stereocenters. The van der Waals surface area contributed by atoms with Crippen LogP contribution in [0.2, 0.25) is 0 Å². The molecule has 3 heteroatoms. The van der Waals surface area contributed by atoms with E-state index < -0.39 is 11.6 Å². The number of hydrogen-bond acceptors (Lipinski definition) is 0. The highest BCUT2D eigenvalue weighted by atomic mass is 19.2. The Kier molecular flexibility index (Phi) is 10.4. The summed E-state index contributed by atoms with van der Waals surface area (Å²) in [5.41, 5.74) is 4.70. The van der Waals surface area contributed by atoms with E-state index in [0.717, 1.165) is 67.4 Å². The van der Waals surface area contributed by atoms with Crippen molar-refractivity contribution in [3.05, 3.63) is 102 Å². The topological polar surface area (TPSA) is 0 Å². The zero-order valence-electron chi connectivity index (χ0n) is 25.1. The van der Waals surface area contributed by atoms with Crippen molar-refractivity contribution in [3.8, 4) is 22.3 Å². The van der Waals surface area contributed by atoms with Crippen LogP contribution in [0.3, 0.4) is 0 Å². The van der Waals surface area contributed by atoms with Crippen LogP contribution in [-0.4, -0.2) is 0 Å². The molecule has 42 heavy (non-hydrogen) atoms. The molecule has 0 amide bonds. The molecule has 0 saturated heterocycles. The fourth-order valence-corrected chi connectivity index (χ4v) is 7.20. The van der Waals surface area contributed by atoms with E-state index in [9.17, 15) is 8.78 Å². The van der Waals surface area contributed by atoms with E-state index in [-0.39, 0.29) is 11.4 Å².